The number of benzene rings is 1. The lowest BCUT2D eigenvalue weighted by molar-refractivity contribution is -0.146. The second-order valence-corrected chi connectivity index (χ2v) is 7.17. The molecule has 0 atom stereocenters. The summed E-state index contributed by atoms with van der Waals surface area (Å²) in [6.45, 7) is 0. The van der Waals surface area contributed by atoms with Crippen molar-refractivity contribution in [1.29, 1.82) is 5.41 Å². The van der Waals surface area contributed by atoms with Gasteiger partial charge in [-0.1, -0.05) is 24.3 Å². The molecule has 1 fully saturated rings. The standard InChI is InChI=1S/C21H24N4O4.ClH/c1-29-21(28)14-6-8-16(9-7-14)25-20(27)17-10-15(11-24-19(17)26)12-2-4-13(5-3-12)18(22)23;/h2-5,10-11,14,16H,6-9H2,1H3,(H3,22,23)(H,24,26)(H,25,27);1H/t14-,16-;. The van der Waals surface area contributed by atoms with Gasteiger partial charge in [-0.15, -0.1) is 12.4 Å². The first-order chi connectivity index (χ1) is 13.9. The number of carbonyl (C=O) groups is 2. The Balaban J connectivity index is 0.00000320. The summed E-state index contributed by atoms with van der Waals surface area (Å²) in [5, 5.41) is 10.4. The van der Waals surface area contributed by atoms with Gasteiger partial charge in [0.05, 0.1) is 13.0 Å². The molecule has 3 rings (SSSR count). The number of nitrogen functional groups attached to an aromatic ring is 1. The Kier molecular flexibility index (Phi) is 7.77. The Labute approximate surface area is 180 Å². The van der Waals surface area contributed by atoms with E-state index in [0.29, 0.717) is 36.8 Å². The summed E-state index contributed by atoms with van der Waals surface area (Å²) in [6.07, 6.45) is 4.17. The number of aromatic amines is 1. The van der Waals surface area contributed by atoms with Gasteiger partial charge in [0.2, 0.25) is 0 Å². The summed E-state index contributed by atoms with van der Waals surface area (Å²) >= 11 is 0. The zero-order valence-electron chi connectivity index (χ0n) is 16.6. The highest BCUT2D eigenvalue weighted by Gasteiger charge is 2.28. The smallest absolute Gasteiger partial charge is 0.308 e. The second-order valence-electron chi connectivity index (χ2n) is 7.17. The van der Waals surface area contributed by atoms with E-state index in [9.17, 15) is 14.4 Å². The van der Waals surface area contributed by atoms with Crippen molar-refractivity contribution in [1.82, 2.24) is 10.3 Å². The summed E-state index contributed by atoms with van der Waals surface area (Å²) in [4.78, 5) is 39.1. The number of rotatable bonds is 5. The molecular weight excluding hydrogens is 408 g/mol. The number of amidine groups is 1. The number of pyridine rings is 1. The van der Waals surface area contributed by atoms with Gasteiger partial charge in [0.25, 0.3) is 11.5 Å². The first kappa shape index (κ1) is 23.2. The molecule has 1 aliphatic carbocycles. The molecule has 9 heteroatoms. The maximum Gasteiger partial charge on any atom is 0.308 e. The highest BCUT2D eigenvalue weighted by Crippen LogP contribution is 2.25. The molecule has 5 N–H and O–H groups in total. The van der Waals surface area contributed by atoms with E-state index < -0.39 is 11.5 Å². The molecule has 1 heterocycles. The molecule has 1 saturated carbocycles. The molecule has 0 spiro atoms. The number of nitrogens with one attached hydrogen (secondary N) is 3. The molecule has 2 aromatic rings. The molecule has 0 bridgehead atoms. The van der Waals surface area contributed by atoms with E-state index in [4.69, 9.17) is 15.9 Å². The number of H-pyrrole nitrogens is 1. The summed E-state index contributed by atoms with van der Waals surface area (Å²) in [7, 11) is 1.38. The van der Waals surface area contributed by atoms with Gasteiger partial charge in [0.1, 0.15) is 11.4 Å². The molecule has 1 aliphatic rings. The fraction of sp³-hybridized carbons (Fsp3) is 0.333. The normalized spacial score (nSPS) is 18.0. The number of nitrogens with two attached hydrogens (primary N) is 1. The van der Waals surface area contributed by atoms with Gasteiger partial charge in [-0.2, -0.15) is 0 Å². The Morgan fingerprint density at radius 3 is 2.33 bits per heavy atom. The number of hydrogen-bond donors (Lipinski definition) is 4. The Bertz CT molecular complexity index is 979. The van der Waals surface area contributed by atoms with Crippen molar-refractivity contribution in [3.05, 3.63) is 58.0 Å². The monoisotopic (exact) mass is 432 g/mol. The number of carbonyl (C=O) groups excluding carboxylic acids is 2. The number of halogens is 1. The van der Waals surface area contributed by atoms with E-state index in [1.54, 1.807) is 36.5 Å². The van der Waals surface area contributed by atoms with E-state index in [1.807, 2.05) is 0 Å². The lowest BCUT2D eigenvalue weighted by Gasteiger charge is -2.27. The zero-order chi connectivity index (χ0) is 21.0. The van der Waals surface area contributed by atoms with Crippen molar-refractivity contribution < 1.29 is 14.3 Å². The van der Waals surface area contributed by atoms with Crippen LogP contribution in [0.5, 0.6) is 0 Å². The number of methoxy groups -OCH3 is 1. The van der Waals surface area contributed by atoms with Gasteiger partial charge in [0, 0.05) is 17.8 Å². The predicted molar refractivity (Wildman–Crippen MR) is 116 cm³/mol. The van der Waals surface area contributed by atoms with Crippen LogP contribution in [0.4, 0.5) is 0 Å². The van der Waals surface area contributed by atoms with Gasteiger partial charge in [0.15, 0.2) is 0 Å². The van der Waals surface area contributed by atoms with E-state index in [-0.39, 0.29) is 41.7 Å². The Hall–Kier alpha value is -3.13. The first-order valence-electron chi connectivity index (χ1n) is 9.45. The largest absolute Gasteiger partial charge is 0.469 e. The molecule has 0 unspecified atom stereocenters. The number of amides is 1. The summed E-state index contributed by atoms with van der Waals surface area (Å²) in [5.41, 5.74) is 7.10. The minimum Gasteiger partial charge on any atom is -0.469 e. The number of aromatic nitrogens is 1. The highest BCUT2D eigenvalue weighted by atomic mass is 35.5. The number of ether oxygens (including phenoxy) is 1. The summed E-state index contributed by atoms with van der Waals surface area (Å²) < 4.78 is 4.78. The molecule has 160 valence electrons. The number of hydrogen-bond acceptors (Lipinski definition) is 5. The third-order valence-electron chi connectivity index (χ3n) is 5.27. The minimum atomic E-state index is -0.463. The van der Waals surface area contributed by atoms with Crippen molar-refractivity contribution in [2.45, 2.75) is 31.7 Å². The van der Waals surface area contributed by atoms with Crippen LogP contribution in [0.1, 0.15) is 41.6 Å². The van der Waals surface area contributed by atoms with Gasteiger partial charge in [-0.25, -0.2) is 0 Å². The van der Waals surface area contributed by atoms with Gasteiger partial charge in [-0.05, 0) is 42.9 Å². The van der Waals surface area contributed by atoms with Gasteiger partial charge < -0.3 is 20.8 Å². The fourth-order valence-corrected chi connectivity index (χ4v) is 3.56. The van der Waals surface area contributed by atoms with Gasteiger partial charge >= 0.3 is 5.97 Å². The van der Waals surface area contributed by atoms with E-state index >= 15 is 0 Å². The van der Waals surface area contributed by atoms with Crippen molar-refractivity contribution >= 4 is 30.1 Å². The molecule has 0 saturated heterocycles. The van der Waals surface area contributed by atoms with Crippen LogP contribution in [0.25, 0.3) is 11.1 Å². The van der Waals surface area contributed by atoms with E-state index in [0.717, 1.165) is 5.56 Å². The van der Waals surface area contributed by atoms with Crippen molar-refractivity contribution in [3.63, 3.8) is 0 Å². The number of esters is 1. The summed E-state index contributed by atoms with van der Waals surface area (Å²) in [6, 6.07) is 8.45. The van der Waals surface area contributed by atoms with Crippen LogP contribution in [0.3, 0.4) is 0 Å². The minimum absolute atomic E-state index is 0. The zero-order valence-corrected chi connectivity index (χ0v) is 17.4. The van der Waals surface area contributed by atoms with Crippen LogP contribution >= 0.6 is 12.4 Å². The molecule has 1 amide bonds. The lowest BCUT2D eigenvalue weighted by atomic mass is 9.86. The van der Waals surface area contributed by atoms with E-state index in [2.05, 4.69) is 10.3 Å². The second kappa shape index (κ2) is 10.1. The maximum absolute atomic E-state index is 12.7. The van der Waals surface area contributed by atoms with Crippen molar-refractivity contribution in [2.75, 3.05) is 7.11 Å². The molecule has 0 radical (unpaired) electrons. The fourth-order valence-electron chi connectivity index (χ4n) is 3.56. The van der Waals surface area contributed by atoms with Gasteiger partial charge in [-0.3, -0.25) is 19.8 Å². The van der Waals surface area contributed by atoms with Crippen LogP contribution in [0.15, 0.2) is 41.3 Å². The maximum atomic E-state index is 12.7. The third-order valence-corrected chi connectivity index (χ3v) is 5.27. The summed E-state index contributed by atoms with van der Waals surface area (Å²) in [5.74, 6) is -0.803. The third kappa shape index (κ3) is 5.27. The molecule has 8 nitrogen and oxygen atoms in total. The van der Waals surface area contributed by atoms with Crippen molar-refractivity contribution in [2.24, 2.45) is 11.7 Å². The molecule has 1 aromatic heterocycles. The van der Waals surface area contributed by atoms with Crippen LogP contribution in [-0.2, 0) is 9.53 Å². The SMILES string of the molecule is COC(=O)[C@H]1CC[C@H](NC(=O)c2cc(-c3ccc(C(=N)N)cc3)c[nH]c2=O)CC1.Cl. The average Bonchev–Trinajstić information content (AvgIpc) is 2.74. The van der Waals surface area contributed by atoms with E-state index in [1.165, 1.54) is 7.11 Å². The quantitative estimate of drug-likeness (QED) is 0.326. The first-order valence-corrected chi connectivity index (χ1v) is 9.45. The molecule has 30 heavy (non-hydrogen) atoms. The van der Waals surface area contributed by atoms with Crippen LogP contribution in [0, 0.1) is 11.3 Å². The predicted octanol–water partition coefficient (Wildman–Crippen LogP) is 2.21. The molecule has 1 aromatic carbocycles. The molecular formula is C21H25ClN4O4. The topological polar surface area (TPSA) is 138 Å². The Morgan fingerprint density at radius 1 is 1.13 bits per heavy atom. The van der Waals surface area contributed by atoms with Crippen LogP contribution < -0.4 is 16.6 Å². The average molecular weight is 433 g/mol. The Morgan fingerprint density at radius 2 is 1.77 bits per heavy atom. The molecule has 0 aliphatic heterocycles. The highest BCUT2D eigenvalue weighted by molar-refractivity contribution is 5.96. The van der Waals surface area contributed by atoms with Crippen LogP contribution in [0.2, 0.25) is 0 Å². The van der Waals surface area contributed by atoms with Crippen molar-refractivity contribution in [3.8, 4) is 11.1 Å². The lowest BCUT2D eigenvalue weighted by Crippen LogP contribution is -2.40. The van der Waals surface area contributed by atoms with Crippen LogP contribution in [-0.4, -0.2) is 35.8 Å².